The number of hydrogen-bond donors (Lipinski definition) is 1. The molecule has 0 unspecified atom stereocenters. The van der Waals surface area contributed by atoms with Crippen LogP contribution >= 0.6 is 0 Å². The van der Waals surface area contributed by atoms with Crippen molar-refractivity contribution in [1.82, 2.24) is 20.2 Å². The molecule has 1 amide bonds. The number of para-hydroxylation sites is 2. The first kappa shape index (κ1) is 12.0. The van der Waals surface area contributed by atoms with E-state index in [0.717, 1.165) is 24.1 Å². The SMILES string of the molecule is CCN(C(=O)c1cnc2ccccc2n1)C1CNC1. The van der Waals surface area contributed by atoms with Crippen LogP contribution < -0.4 is 5.32 Å². The van der Waals surface area contributed by atoms with Crippen LogP contribution in [0.2, 0.25) is 0 Å². The second-order valence-electron chi connectivity index (χ2n) is 4.65. The van der Waals surface area contributed by atoms with Gasteiger partial charge in [-0.2, -0.15) is 0 Å². The molecule has 0 atom stereocenters. The molecule has 5 heteroatoms. The van der Waals surface area contributed by atoms with Crippen molar-refractivity contribution in [2.45, 2.75) is 13.0 Å². The Kier molecular flexibility index (Phi) is 3.13. The van der Waals surface area contributed by atoms with Crippen LogP contribution in [0.15, 0.2) is 30.5 Å². The largest absolute Gasteiger partial charge is 0.332 e. The Balaban J connectivity index is 1.91. The number of carbonyl (C=O) groups excluding carboxylic acids is 1. The lowest BCUT2D eigenvalue weighted by molar-refractivity contribution is 0.0624. The molecular weight excluding hydrogens is 240 g/mol. The highest BCUT2D eigenvalue weighted by Crippen LogP contribution is 2.13. The van der Waals surface area contributed by atoms with Crippen LogP contribution in [-0.2, 0) is 0 Å². The summed E-state index contributed by atoms with van der Waals surface area (Å²) in [5, 5.41) is 3.18. The number of nitrogens with zero attached hydrogens (tertiary/aromatic N) is 3. The number of benzene rings is 1. The van der Waals surface area contributed by atoms with E-state index in [0.29, 0.717) is 12.2 Å². The van der Waals surface area contributed by atoms with Crippen LogP contribution in [0.3, 0.4) is 0 Å². The van der Waals surface area contributed by atoms with E-state index in [1.807, 2.05) is 36.1 Å². The maximum absolute atomic E-state index is 12.4. The summed E-state index contributed by atoms with van der Waals surface area (Å²) in [4.78, 5) is 23.0. The fourth-order valence-corrected chi connectivity index (χ4v) is 2.27. The van der Waals surface area contributed by atoms with Crippen LogP contribution in [0, 0.1) is 0 Å². The van der Waals surface area contributed by atoms with Gasteiger partial charge in [0.05, 0.1) is 23.3 Å². The Hall–Kier alpha value is -2.01. The van der Waals surface area contributed by atoms with Crippen LogP contribution in [-0.4, -0.2) is 46.5 Å². The highest BCUT2D eigenvalue weighted by atomic mass is 16.2. The van der Waals surface area contributed by atoms with Gasteiger partial charge in [-0.3, -0.25) is 9.78 Å². The summed E-state index contributed by atoms with van der Waals surface area (Å²) in [6.07, 6.45) is 1.57. The first-order chi connectivity index (χ1) is 9.29. The van der Waals surface area contributed by atoms with Gasteiger partial charge in [0.15, 0.2) is 0 Å². The average molecular weight is 256 g/mol. The predicted octanol–water partition coefficient (Wildman–Crippen LogP) is 1.06. The van der Waals surface area contributed by atoms with Gasteiger partial charge in [-0.05, 0) is 19.1 Å². The van der Waals surface area contributed by atoms with Crippen molar-refractivity contribution in [3.63, 3.8) is 0 Å². The van der Waals surface area contributed by atoms with Crippen LogP contribution in [0.4, 0.5) is 0 Å². The van der Waals surface area contributed by atoms with Crippen molar-refractivity contribution >= 4 is 16.9 Å². The zero-order valence-corrected chi connectivity index (χ0v) is 10.8. The minimum absolute atomic E-state index is 0.0350. The molecule has 19 heavy (non-hydrogen) atoms. The van der Waals surface area contributed by atoms with Gasteiger partial charge in [0.2, 0.25) is 0 Å². The van der Waals surface area contributed by atoms with Crippen molar-refractivity contribution in [2.24, 2.45) is 0 Å². The lowest BCUT2D eigenvalue weighted by Gasteiger charge is -2.37. The van der Waals surface area contributed by atoms with E-state index in [2.05, 4.69) is 15.3 Å². The number of carbonyl (C=O) groups is 1. The molecule has 3 rings (SSSR count). The summed E-state index contributed by atoms with van der Waals surface area (Å²) in [7, 11) is 0. The van der Waals surface area contributed by atoms with E-state index in [1.165, 1.54) is 0 Å². The maximum atomic E-state index is 12.4. The number of likely N-dealkylation sites (N-methyl/N-ethyl adjacent to an activating group) is 1. The fourth-order valence-electron chi connectivity index (χ4n) is 2.27. The predicted molar refractivity (Wildman–Crippen MR) is 72.9 cm³/mol. The monoisotopic (exact) mass is 256 g/mol. The van der Waals surface area contributed by atoms with Gasteiger partial charge in [0, 0.05) is 19.6 Å². The first-order valence-electron chi connectivity index (χ1n) is 6.53. The fraction of sp³-hybridized carbons (Fsp3) is 0.357. The van der Waals surface area contributed by atoms with E-state index >= 15 is 0 Å². The Morgan fingerprint density at radius 3 is 2.74 bits per heavy atom. The normalized spacial score (nSPS) is 15.2. The highest BCUT2D eigenvalue weighted by Gasteiger charge is 2.28. The maximum Gasteiger partial charge on any atom is 0.274 e. The molecule has 5 nitrogen and oxygen atoms in total. The Morgan fingerprint density at radius 2 is 2.11 bits per heavy atom. The molecule has 0 spiro atoms. The second-order valence-corrected chi connectivity index (χ2v) is 4.65. The quantitative estimate of drug-likeness (QED) is 0.892. The average Bonchev–Trinajstić information content (AvgIpc) is 2.41. The van der Waals surface area contributed by atoms with Gasteiger partial charge in [-0.1, -0.05) is 12.1 Å². The smallest absolute Gasteiger partial charge is 0.274 e. The molecule has 98 valence electrons. The van der Waals surface area contributed by atoms with E-state index in [-0.39, 0.29) is 11.9 Å². The standard InChI is InChI=1S/C14H16N4O/c1-2-18(10-7-15-8-10)14(19)13-9-16-11-5-3-4-6-12(11)17-13/h3-6,9-10,15H,2,7-8H2,1H3. The Labute approximate surface area is 111 Å². The van der Waals surface area contributed by atoms with Crippen molar-refractivity contribution < 1.29 is 4.79 Å². The van der Waals surface area contributed by atoms with Gasteiger partial charge < -0.3 is 10.2 Å². The summed E-state index contributed by atoms with van der Waals surface area (Å²) in [5.74, 6) is -0.0350. The third-order valence-corrected chi connectivity index (χ3v) is 3.47. The molecule has 2 heterocycles. The van der Waals surface area contributed by atoms with Gasteiger partial charge in [0.1, 0.15) is 5.69 Å². The van der Waals surface area contributed by atoms with E-state index < -0.39 is 0 Å². The van der Waals surface area contributed by atoms with E-state index in [9.17, 15) is 4.79 Å². The van der Waals surface area contributed by atoms with E-state index in [4.69, 9.17) is 0 Å². The minimum Gasteiger partial charge on any atom is -0.332 e. The molecule has 0 bridgehead atoms. The third-order valence-electron chi connectivity index (χ3n) is 3.47. The molecule has 1 aromatic heterocycles. The van der Waals surface area contributed by atoms with E-state index in [1.54, 1.807) is 6.20 Å². The Morgan fingerprint density at radius 1 is 1.37 bits per heavy atom. The lowest BCUT2D eigenvalue weighted by atomic mass is 10.1. The molecule has 1 N–H and O–H groups in total. The number of aromatic nitrogens is 2. The number of amides is 1. The van der Waals surface area contributed by atoms with Gasteiger partial charge >= 0.3 is 0 Å². The Bertz CT molecular complexity index is 609. The number of nitrogens with one attached hydrogen (secondary N) is 1. The second kappa shape index (κ2) is 4.93. The summed E-state index contributed by atoms with van der Waals surface area (Å²) >= 11 is 0. The zero-order chi connectivity index (χ0) is 13.2. The lowest BCUT2D eigenvalue weighted by Crippen LogP contribution is -2.58. The zero-order valence-electron chi connectivity index (χ0n) is 10.8. The molecule has 1 saturated heterocycles. The van der Waals surface area contributed by atoms with Gasteiger partial charge in [-0.25, -0.2) is 4.98 Å². The summed E-state index contributed by atoms with van der Waals surface area (Å²) in [5.41, 5.74) is 2.00. The summed E-state index contributed by atoms with van der Waals surface area (Å²) < 4.78 is 0. The molecule has 0 radical (unpaired) electrons. The van der Waals surface area contributed by atoms with Crippen LogP contribution in [0.1, 0.15) is 17.4 Å². The van der Waals surface area contributed by atoms with Crippen LogP contribution in [0.5, 0.6) is 0 Å². The van der Waals surface area contributed by atoms with Gasteiger partial charge in [0.25, 0.3) is 5.91 Å². The van der Waals surface area contributed by atoms with Crippen molar-refractivity contribution in [2.75, 3.05) is 19.6 Å². The number of rotatable bonds is 3. The molecule has 2 aromatic rings. The van der Waals surface area contributed by atoms with Crippen molar-refractivity contribution in [3.8, 4) is 0 Å². The highest BCUT2D eigenvalue weighted by molar-refractivity contribution is 5.94. The third kappa shape index (κ3) is 2.17. The molecule has 1 fully saturated rings. The first-order valence-corrected chi connectivity index (χ1v) is 6.53. The topological polar surface area (TPSA) is 58.1 Å². The molecule has 1 aromatic carbocycles. The molecule has 0 saturated carbocycles. The molecular formula is C14H16N4O. The van der Waals surface area contributed by atoms with Crippen molar-refractivity contribution in [3.05, 3.63) is 36.2 Å². The number of fused-ring (bicyclic) bond motifs is 1. The van der Waals surface area contributed by atoms with Crippen LogP contribution in [0.25, 0.3) is 11.0 Å². The summed E-state index contributed by atoms with van der Waals surface area (Å²) in [6, 6.07) is 7.87. The minimum atomic E-state index is -0.0350. The molecule has 0 aliphatic carbocycles. The summed E-state index contributed by atoms with van der Waals surface area (Å²) in [6.45, 7) is 4.41. The number of hydrogen-bond acceptors (Lipinski definition) is 4. The molecule has 1 aliphatic rings. The van der Waals surface area contributed by atoms with Crippen molar-refractivity contribution in [1.29, 1.82) is 0 Å². The van der Waals surface area contributed by atoms with Gasteiger partial charge in [-0.15, -0.1) is 0 Å². The molecule has 1 aliphatic heterocycles.